The van der Waals surface area contributed by atoms with E-state index < -0.39 is 0 Å². The Bertz CT molecular complexity index is 606. The minimum absolute atomic E-state index is 0.729. The van der Waals surface area contributed by atoms with Gasteiger partial charge in [-0.15, -0.1) is 0 Å². The molecule has 2 aromatic rings. The van der Waals surface area contributed by atoms with E-state index in [0.29, 0.717) is 0 Å². The fraction of sp³-hybridized carbons (Fsp3) is 0.375. The summed E-state index contributed by atoms with van der Waals surface area (Å²) in [5.41, 5.74) is 1.18. The van der Waals surface area contributed by atoms with Crippen LogP contribution in [0.4, 0.5) is 11.6 Å². The summed E-state index contributed by atoms with van der Waals surface area (Å²) >= 11 is 5.90. The van der Waals surface area contributed by atoms with E-state index in [1.54, 1.807) is 0 Å². The van der Waals surface area contributed by atoms with Crippen LogP contribution in [-0.2, 0) is 6.54 Å². The highest BCUT2D eigenvalue weighted by molar-refractivity contribution is 6.30. The van der Waals surface area contributed by atoms with Gasteiger partial charge in [0, 0.05) is 30.7 Å². The first-order valence-electron chi connectivity index (χ1n) is 7.30. The zero-order valence-electron chi connectivity index (χ0n) is 12.1. The van der Waals surface area contributed by atoms with Gasteiger partial charge >= 0.3 is 0 Å². The number of benzene rings is 1. The smallest absolute Gasteiger partial charge is 0.134 e. The van der Waals surface area contributed by atoms with Crippen molar-refractivity contribution in [2.45, 2.75) is 26.3 Å². The largest absolute Gasteiger partial charge is 0.366 e. The molecule has 0 unspecified atom stereocenters. The monoisotopic (exact) mass is 302 g/mol. The fourth-order valence-electron chi connectivity index (χ4n) is 2.55. The summed E-state index contributed by atoms with van der Waals surface area (Å²) in [6, 6.07) is 9.88. The molecule has 5 heteroatoms. The van der Waals surface area contributed by atoms with E-state index in [-0.39, 0.29) is 0 Å². The molecule has 0 atom stereocenters. The van der Waals surface area contributed by atoms with Crippen molar-refractivity contribution in [1.29, 1.82) is 0 Å². The molecule has 1 aromatic heterocycles. The van der Waals surface area contributed by atoms with Crippen molar-refractivity contribution in [2.24, 2.45) is 0 Å². The highest BCUT2D eigenvalue weighted by Gasteiger charge is 2.14. The van der Waals surface area contributed by atoms with Gasteiger partial charge in [-0.2, -0.15) is 0 Å². The predicted octanol–water partition coefficient (Wildman–Crippen LogP) is 3.65. The zero-order valence-corrected chi connectivity index (χ0v) is 12.9. The molecule has 0 saturated carbocycles. The number of nitrogens with zero attached hydrogens (tertiary/aromatic N) is 3. The number of nitrogens with one attached hydrogen (secondary N) is 1. The van der Waals surface area contributed by atoms with Gasteiger partial charge in [-0.3, -0.25) is 0 Å². The predicted molar refractivity (Wildman–Crippen MR) is 87.0 cm³/mol. The van der Waals surface area contributed by atoms with Crippen LogP contribution in [0.5, 0.6) is 0 Å². The number of anilines is 2. The maximum Gasteiger partial charge on any atom is 0.134 e. The second-order valence-corrected chi connectivity index (χ2v) is 5.77. The second-order valence-electron chi connectivity index (χ2n) is 5.33. The third-order valence-electron chi connectivity index (χ3n) is 3.64. The van der Waals surface area contributed by atoms with Crippen LogP contribution in [-0.4, -0.2) is 23.1 Å². The molecule has 0 amide bonds. The molecule has 2 heterocycles. The van der Waals surface area contributed by atoms with Gasteiger partial charge < -0.3 is 10.2 Å². The van der Waals surface area contributed by atoms with E-state index >= 15 is 0 Å². The number of aryl methyl sites for hydroxylation is 1. The molecule has 4 nitrogen and oxygen atoms in total. The van der Waals surface area contributed by atoms with E-state index in [1.165, 1.54) is 18.4 Å². The van der Waals surface area contributed by atoms with Gasteiger partial charge in [-0.25, -0.2) is 9.97 Å². The number of hydrogen-bond donors (Lipinski definition) is 1. The average Bonchev–Trinajstić information content (AvgIpc) is 3.00. The SMILES string of the molecule is Cc1nc(NCc2ccc(Cl)cc2)cc(N2CCCC2)n1. The van der Waals surface area contributed by atoms with Crippen LogP contribution in [0.25, 0.3) is 0 Å². The third-order valence-corrected chi connectivity index (χ3v) is 3.89. The number of rotatable bonds is 4. The Labute approximate surface area is 130 Å². The van der Waals surface area contributed by atoms with Crippen molar-refractivity contribution in [2.75, 3.05) is 23.3 Å². The van der Waals surface area contributed by atoms with Crippen molar-refractivity contribution in [1.82, 2.24) is 9.97 Å². The molecule has 1 fully saturated rings. The first-order chi connectivity index (χ1) is 10.2. The molecule has 1 aliphatic rings. The quantitative estimate of drug-likeness (QED) is 0.936. The summed E-state index contributed by atoms with van der Waals surface area (Å²) < 4.78 is 0. The molecule has 1 N–H and O–H groups in total. The lowest BCUT2D eigenvalue weighted by Gasteiger charge is -2.17. The van der Waals surface area contributed by atoms with Crippen molar-refractivity contribution in [3.8, 4) is 0 Å². The van der Waals surface area contributed by atoms with Gasteiger partial charge in [0.05, 0.1) is 0 Å². The molecule has 1 aromatic carbocycles. The van der Waals surface area contributed by atoms with E-state index in [0.717, 1.165) is 42.1 Å². The maximum absolute atomic E-state index is 5.90. The van der Waals surface area contributed by atoms with Crippen LogP contribution in [0.2, 0.25) is 5.02 Å². The molecule has 0 aliphatic carbocycles. The van der Waals surface area contributed by atoms with Crippen molar-refractivity contribution in [3.05, 3.63) is 46.7 Å². The highest BCUT2D eigenvalue weighted by atomic mass is 35.5. The minimum Gasteiger partial charge on any atom is -0.366 e. The first kappa shape index (κ1) is 14.1. The summed E-state index contributed by atoms with van der Waals surface area (Å²) in [4.78, 5) is 11.3. The summed E-state index contributed by atoms with van der Waals surface area (Å²) in [7, 11) is 0. The van der Waals surface area contributed by atoms with Crippen molar-refractivity contribution < 1.29 is 0 Å². The molecule has 0 radical (unpaired) electrons. The lowest BCUT2D eigenvalue weighted by Crippen LogP contribution is -2.20. The summed E-state index contributed by atoms with van der Waals surface area (Å²) in [6.45, 7) is 4.85. The normalized spacial score (nSPS) is 14.5. The van der Waals surface area contributed by atoms with E-state index in [4.69, 9.17) is 11.6 Å². The Balaban J connectivity index is 1.71. The summed E-state index contributed by atoms with van der Waals surface area (Å²) in [6.07, 6.45) is 2.49. The molecule has 1 saturated heterocycles. The van der Waals surface area contributed by atoms with Crippen molar-refractivity contribution in [3.63, 3.8) is 0 Å². The first-order valence-corrected chi connectivity index (χ1v) is 7.67. The molecule has 0 bridgehead atoms. The Hall–Kier alpha value is -1.81. The van der Waals surface area contributed by atoms with Crippen LogP contribution in [0.1, 0.15) is 24.2 Å². The Morgan fingerprint density at radius 2 is 1.86 bits per heavy atom. The van der Waals surface area contributed by atoms with Gasteiger partial charge in [-0.1, -0.05) is 23.7 Å². The van der Waals surface area contributed by atoms with E-state index in [2.05, 4.69) is 20.2 Å². The topological polar surface area (TPSA) is 41.1 Å². The van der Waals surface area contributed by atoms with Gasteiger partial charge in [0.25, 0.3) is 0 Å². The lowest BCUT2D eigenvalue weighted by atomic mass is 10.2. The lowest BCUT2D eigenvalue weighted by molar-refractivity contribution is 0.907. The maximum atomic E-state index is 5.90. The molecular weight excluding hydrogens is 284 g/mol. The average molecular weight is 303 g/mol. The Morgan fingerprint density at radius 3 is 2.57 bits per heavy atom. The van der Waals surface area contributed by atoms with Crippen LogP contribution in [0, 0.1) is 6.92 Å². The van der Waals surface area contributed by atoms with Crippen LogP contribution < -0.4 is 10.2 Å². The molecule has 0 spiro atoms. The molecule has 110 valence electrons. The van der Waals surface area contributed by atoms with Gasteiger partial charge in [0.1, 0.15) is 17.5 Å². The van der Waals surface area contributed by atoms with Crippen LogP contribution >= 0.6 is 11.6 Å². The van der Waals surface area contributed by atoms with Gasteiger partial charge in [0.15, 0.2) is 0 Å². The van der Waals surface area contributed by atoms with Crippen LogP contribution in [0.3, 0.4) is 0 Å². The summed E-state index contributed by atoms with van der Waals surface area (Å²) in [5, 5.41) is 4.12. The molecule has 3 rings (SSSR count). The second kappa shape index (κ2) is 6.31. The number of aromatic nitrogens is 2. The standard InChI is InChI=1S/C16H19ClN4/c1-12-19-15(10-16(20-12)21-8-2-3-9-21)18-11-13-4-6-14(17)7-5-13/h4-7,10H,2-3,8-9,11H2,1H3,(H,18,19,20). The summed E-state index contributed by atoms with van der Waals surface area (Å²) in [5.74, 6) is 2.70. The van der Waals surface area contributed by atoms with E-state index in [9.17, 15) is 0 Å². The number of hydrogen-bond acceptors (Lipinski definition) is 4. The molecular formula is C16H19ClN4. The van der Waals surface area contributed by atoms with E-state index in [1.807, 2.05) is 37.3 Å². The third kappa shape index (κ3) is 3.64. The van der Waals surface area contributed by atoms with Gasteiger partial charge in [0.2, 0.25) is 0 Å². The minimum atomic E-state index is 0.729. The van der Waals surface area contributed by atoms with Crippen LogP contribution in [0.15, 0.2) is 30.3 Å². The number of halogens is 1. The Kier molecular flexibility index (Phi) is 4.25. The highest BCUT2D eigenvalue weighted by Crippen LogP contribution is 2.21. The van der Waals surface area contributed by atoms with Crippen molar-refractivity contribution >= 4 is 23.2 Å². The Morgan fingerprint density at radius 1 is 1.14 bits per heavy atom. The fourth-order valence-corrected chi connectivity index (χ4v) is 2.67. The van der Waals surface area contributed by atoms with Gasteiger partial charge in [-0.05, 0) is 37.5 Å². The molecule has 21 heavy (non-hydrogen) atoms. The molecule has 1 aliphatic heterocycles. The zero-order chi connectivity index (χ0) is 14.7.